The molecule has 2 aliphatic heterocycles. The van der Waals surface area contributed by atoms with Gasteiger partial charge in [-0.2, -0.15) is 0 Å². The smallest absolute Gasteiger partial charge is 0.311 e. The number of carbonyl (C=O) groups is 4. The number of amides is 3. The number of para-hydroxylation sites is 2. The number of hydrogen-bond acceptors (Lipinski definition) is 7. The molecular weight excluding hydrogens is 428 g/mol. The predicted octanol–water partition coefficient (Wildman–Crippen LogP) is 1.37. The average Bonchev–Trinajstić information content (AvgIpc) is 3.18. The minimum atomic E-state index is -0.998. The first-order valence-electron chi connectivity index (χ1n) is 10.6. The Bertz CT molecular complexity index is 1070. The quantitative estimate of drug-likeness (QED) is 0.659. The maximum Gasteiger partial charge on any atom is 0.311 e. The van der Waals surface area contributed by atoms with E-state index in [1.165, 1.54) is 0 Å². The number of ether oxygens (including phenoxy) is 3. The van der Waals surface area contributed by atoms with Crippen LogP contribution in [0, 0.1) is 12.8 Å². The summed E-state index contributed by atoms with van der Waals surface area (Å²) in [4.78, 5) is 50.6. The van der Waals surface area contributed by atoms with Gasteiger partial charge in [-0.1, -0.05) is 42.0 Å². The topological polar surface area (TPSA) is 111 Å². The third-order valence-corrected chi connectivity index (χ3v) is 5.45. The zero-order valence-corrected chi connectivity index (χ0v) is 18.1. The van der Waals surface area contributed by atoms with Crippen molar-refractivity contribution < 1.29 is 33.4 Å². The predicted molar refractivity (Wildman–Crippen MR) is 115 cm³/mol. The Morgan fingerprint density at radius 2 is 1.82 bits per heavy atom. The highest BCUT2D eigenvalue weighted by atomic mass is 16.6. The third kappa shape index (κ3) is 5.49. The van der Waals surface area contributed by atoms with Crippen LogP contribution in [0.2, 0.25) is 0 Å². The van der Waals surface area contributed by atoms with Crippen molar-refractivity contribution in [1.82, 2.24) is 10.2 Å². The molecule has 0 bridgehead atoms. The minimum absolute atomic E-state index is 0.0257. The second kappa shape index (κ2) is 9.72. The summed E-state index contributed by atoms with van der Waals surface area (Å²) in [7, 11) is 0. The summed E-state index contributed by atoms with van der Waals surface area (Å²) >= 11 is 0. The van der Waals surface area contributed by atoms with Crippen LogP contribution < -0.4 is 14.8 Å². The average molecular weight is 452 g/mol. The van der Waals surface area contributed by atoms with Crippen LogP contribution in [0.3, 0.4) is 0 Å². The number of benzene rings is 2. The summed E-state index contributed by atoms with van der Waals surface area (Å²) in [5.41, 5.74) is 2.09. The van der Waals surface area contributed by atoms with Crippen LogP contribution in [0.1, 0.15) is 17.5 Å². The van der Waals surface area contributed by atoms with Crippen LogP contribution in [0.25, 0.3) is 0 Å². The molecule has 2 atom stereocenters. The molecule has 0 radical (unpaired) electrons. The van der Waals surface area contributed by atoms with Crippen LogP contribution in [0.4, 0.5) is 0 Å². The van der Waals surface area contributed by atoms with Crippen LogP contribution in [-0.2, 0) is 30.5 Å². The highest BCUT2D eigenvalue weighted by Gasteiger charge is 2.36. The fraction of sp³-hybridized carbons (Fsp3) is 0.333. The zero-order valence-electron chi connectivity index (χ0n) is 18.1. The number of nitrogens with one attached hydrogen (secondary N) is 1. The van der Waals surface area contributed by atoms with Gasteiger partial charge in [0.1, 0.15) is 6.61 Å². The van der Waals surface area contributed by atoms with Gasteiger partial charge in [0.2, 0.25) is 12.0 Å². The van der Waals surface area contributed by atoms with E-state index in [0.717, 1.165) is 11.1 Å². The molecule has 1 fully saturated rings. The number of esters is 1. The van der Waals surface area contributed by atoms with E-state index in [-0.39, 0.29) is 25.5 Å². The number of nitrogens with zero attached hydrogens (tertiary/aromatic N) is 1. The number of imide groups is 1. The minimum Gasteiger partial charge on any atom is -0.485 e. The molecule has 2 aromatic rings. The molecule has 1 saturated heterocycles. The zero-order chi connectivity index (χ0) is 23.4. The molecule has 33 heavy (non-hydrogen) atoms. The van der Waals surface area contributed by atoms with Gasteiger partial charge in [0, 0.05) is 19.5 Å². The number of fused-ring (bicyclic) bond motifs is 1. The van der Waals surface area contributed by atoms with Gasteiger partial charge in [0.25, 0.3) is 11.8 Å². The lowest BCUT2D eigenvalue weighted by Gasteiger charge is -2.25. The normalized spacial score (nSPS) is 19.2. The first-order valence-corrected chi connectivity index (χ1v) is 10.6. The first kappa shape index (κ1) is 22.3. The van der Waals surface area contributed by atoms with Gasteiger partial charge < -0.3 is 19.1 Å². The number of likely N-dealkylation sites (tertiary alicyclic amines) is 1. The number of hydrogen-bond donors (Lipinski definition) is 1. The highest BCUT2D eigenvalue weighted by molar-refractivity contribution is 5.99. The van der Waals surface area contributed by atoms with Crippen molar-refractivity contribution in [2.45, 2.75) is 26.0 Å². The molecule has 2 heterocycles. The molecule has 172 valence electrons. The number of carbonyl (C=O) groups excluding carboxylic acids is 4. The molecule has 3 amide bonds. The largest absolute Gasteiger partial charge is 0.485 e. The fourth-order valence-electron chi connectivity index (χ4n) is 3.65. The molecule has 9 nitrogen and oxygen atoms in total. The SMILES string of the molecule is Cc1ccc(CN2C[C@H](C(=O)OCC(=O)NC(=O)[C@@H]3COc4ccccc4O3)CC2=O)cc1. The summed E-state index contributed by atoms with van der Waals surface area (Å²) < 4.78 is 16.0. The Morgan fingerprint density at radius 1 is 1.09 bits per heavy atom. The monoisotopic (exact) mass is 452 g/mol. The molecule has 2 aromatic carbocycles. The summed E-state index contributed by atoms with van der Waals surface area (Å²) in [6.45, 7) is 1.94. The van der Waals surface area contributed by atoms with Crippen LogP contribution in [-0.4, -0.2) is 54.5 Å². The van der Waals surface area contributed by atoms with E-state index in [1.807, 2.05) is 31.2 Å². The lowest BCUT2D eigenvalue weighted by molar-refractivity contribution is -0.153. The van der Waals surface area contributed by atoms with E-state index < -0.39 is 36.4 Å². The Balaban J connectivity index is 1.21. The van der Waals surface area contributed by atoms with Gasteiger partial charge in [0.05, 0.1) is 5.92 Å². The van der Waals surface area contributed by atoms with E-state index in [1.54, 1.807) is 29.2 Å². The van der Waals surface area contributed by atoms with Gasteiger partial charge in [0.15, 0.2) is 18.1 Å². The van der Waals surface area contributed by atoms with Gasteiger partial charge in [-0.25, -0.2) is 0 Å². The third-order valence-electron chi connectivity index (χ3n) is 5.45. The van der Waals surface area contributed by atoms with Crippen molar-refractivity contribution >= 4 is 23.7 Å². The molecular formula is C24H24N2O7. The molecule has 0 aromatic heterocycles. The first-order chi connectivity index (χ1) is 15.9. The number of rotatable bonds is 6. The van der Waals surface area contributed by atoms with E-state index in [0.29, 0.717) is 18.0 Å². The highest BCUT2D eigenvalue weighted by Crippen LogP contribution is 2.30. The Hall–Kier alpha value is -3.88. The Morgan fingerprint density at radius 3 is 2.58 bits per heavy atom. The second-order valence-electron chi connectivity index (χ2n) is 8.05. The molecule has 0 aliphatic carbocycles. The second-order valence-corrected chi connectivity index (χ2v) is 8.05. The van der Waals surface area contributed by atoms with Crippen LogP contribution in [0.5, 0.6) is 11.5 Å². The van der Waals surface area contributed by atoms with Crippen molar-refractivity contribution in [2.75, 3.05) is 19.8 Å². The number of aryl methyl sites for hydroxylation is 1. The van der Waals surface area contributed by atoms with E-state index in [2.05, 4.69) is 5.32 Å². The lowest BCUT2D eigenvalue weighted by atomic mass is 10.1. The Labute approximate surface area is 190 Å². The van der Waals surface area contributed by atoms with E-state index in [9.17, 15) is 19.2 Å². The summed E-state index contributed by atoms with van der Waals surface area (Å²) in [6.07, 6.45) is -0.972. The van der Waals surface area contributed by atoms with Crippen LogP contribution >= 0.6 is 0 Å². The molecule has 1 N–H and O–H groups in total. The van der Waals surface area contributed by atoms with Crippen LogP contribution in [0.15, 0.2) is 48.5 Å². The van der Waals surface area contributed by atoms with E-state index >= 15 is 0 Å². The van der Waals surface area contributed by atoms with Crippen molar-refractivity contribution in [3.05, 3.63) is 59.7 Å². The van der Waals surface area contributed by atoms with Crippen molar-refractivity contribution in [1.29, 1.82) is 0 Å². The standard InChI is InChI=1S/C24H24N2O7/c1-15-6-8-16(9-7-15)11-26-12-17(10-22(26)28)24(30)32-14-21(27)25-23(29)20-13-31-18-4-2-3-5-19(18)33-20/h2-9,17,20H,10-14H2,1H3,(H,25,27,29)/t17-,20+/m1/s1. The van der Waals surface area contributed by atoms with E-state index in [4.69, 9.17) is 14.2 Å². The maximum absolute atomic E-state index is 12.4. The molecule has 0 unspecified atom stereocenters. The Kier molecular flexibility index (Phi) is 6.58. The summed E-state index contributed by atoms with van der Waals surface area (Å²) in [6, 6.07) is 14.7. The molecule has 0 saturated carbocycles. The van der Waals surface area contributed by atoms with Crippen molar-refractivity contribution in [3.63, 3.8) is 0 Å². The van der Waals surface area contributed by atoms with Gasteiger partial charge in [-0.15, -0.1) is 0 Å². The molecule has 0 spiro atoms. The van der Waals surface area contributed by atoms with Gasteiger partial charge >= 0.3 is 5.97 Å². The summed E-state index contributed by atoms with van der Waals surface area (Å²) in [5, 5.41) is 2.14. The lowest BCUT2D eigenvalue weighted by Crippen LogP contribution is -2.47. The molecule has 9 heteroatoms. The van der Waals surface area contributed by atoms with Crippen molar-refractivity contribution in [3.8, 4) is 11.5 Å². The molecule has 2 aliphatic rings. The fourth-order valence-corrected chi connectivity index (χ4v) is 3.65. The van der Waals surface area contributed by atoms with Crippen molar-refractivity contribution in [2.24, 2.45) is 5.92 Å². The summed E-state index contributed by atoms with van der Waals surface area (Å²) in [5.74, 6) is -2.00. The molecule has 4 rings (SSSR count). The maximum atomic E-state index is 12.4. The van der Waals surface area contributed by atoms with Gasteiger partial charge in [-0.05, 0) is 24.6 Å². The van der Waals surface area contributed by atoms with Gasteiger partial charge in [-0.3, -0.25) is 24.5 Å².